The van der Waals surface area contributed by atoms with Crippen LogP contribution in [-0.2, 0) is 22.4 Å². The van der Waals surface area contributed by atoms with Gasteiger partial charge in [-0.25, -0.2) is 13.4 Å². The van der Waals surface area contributed by atoms with E-state index in [1.807, 2.05) is 12.1 Å². The van der Waals surface area contributed by atoms with Crippen molar-refractivity contribution in [3.63, 3.8) is 0 Å². The second kappa shape index (κ2) is 12.0. The van der Waals surface area contributed by atoms with Crippen molar-refractivity contribution in [3.05, 3.63) is 105 Å². The molecule has 4 aromatic rings. The Hall–Kier alpha value is -3.54. The third-order valence-electron chi connectivity index (χ3n) is 7.21. The van der Waals surface area contributed by atoms with E-state index in [-0.39, 0.29) is 17.3 Å². The van der Waals surface area contributed by atoms with Gasteiger partial charge in [-0.05, 0) is 66.3 Å². The summed E-state index contributed by atoms with van der Waals surface area (Å²) in [5, 5.41) is 13.5. The number of sulfone groups is 1. The van der Waals surface area contributed by atoms with Gasteiger partial charge in [-0.15, -0.1) is 11.3 Å². The zero-order valence-corrected chi connectivity index (χ0v) is 24.3. The smallest absolute Gasteiger partial charge is 0.394 e. The predicted octanol–water partition coefficient (Wildman–Crippen LogP) is 6.55. The summed E-state index contributed by atoms with van der Waals surface area (Å²) < 4.78 is 62.9. The number of carbonyl (C=O) groups excluding carboxylic acids is 1. The number of rotatable bonds is 10. The lowest BCUT2D eigenvalue weighted by molar-refractivity contribution is -0.137. The molecule has 1 atom stereocenters. The summed E-state index contributed by atoms with van der Waals surface area (Å²) in [5.41, 5.74) is 2.70. The van der Waals surface area contributed by atoms with Gasteiger partial charge in [0.2, 0.25) is 0 Å². The predicted molar refractivity (Wildman–Crippen MR) is 155 cm³/mol. The molecular formula is C31H29F3N2O4S2. The Labute approximate surface area is 246 Å². The average molecular weight is 615 g/mol. The van der Waals surface area contributed by atoms with E-state index >= 15 is 0 Å². The third-order valence-corrected chi connectivity index (χ3v) is 10.2. The SMILES string of the molecule is CCS(=O)(=O)c1ccc(C(CO)NC(=O)c2ccc(-c3nc(Cc4ccc(C(F)(F)F)cc4)sc3C3CC3)cc2)cc1. The summed E-state index contributed by atoms with van der Waals surface area (Å²) >= 11 is 1.57. The van der Waals surface area contributed by atoms with Crippen molar-refractivity contribution < 1.29 is 31.5 Å². The van der Waals surface area contributed by atoms with E-state index in [0.717, 1.165) is 51.7 Å². The molecule has 42 heavy (non-hydrogen) atoms. The van der Waals surface area contributed by atoms with Crippen molar-refractivity contribution in [1.82, 2.24) is 10.3 Å². The van der Waals surface area contributed by atoms with Gasteiger partial charge in [0.15, 0.2) is 9.84 Å². The molecule has 1 fully saturated rings. The van der Waals surface area contributed by atoms with E-state index in [9.17, 15) is 31.5 Å². The van der Waals surface area contributed by atoms with Gasteiger partial charge >= 0.3 is 6.18 Å². The molecule has 0 saturated heterocycles. The standard InChI is InChI=1S/C31H29F3N2O4S2/c1-2-42(39,40)25-15-11-20(12-16-25)26(18-37)35-30(38)23-9-5-21(6-10-23)28-29(22-7-8-22)41-27(36-28)17-19-3-13-24(14-4-19)31(32,33)34/h3-6,9-16,22,26,37H,2,7-8,17-18H2,1H3,(H,35,38). The van der Waals surface area contributed by atoms with Crippen LogP contribution in [-0.4, -0.2) is 36.8 Å². The van der Waals surface area contributed by atoms with E-state index in [4.69, 9.17) is 4.98 Å². The zero-order chi connectivity index (χ0) is 30.1. The fourth-order valence-corrected chi connectivity index (χ4v) is 6.77. The quantitative estimate of drug-likeness (QED) is 0.211. The van der Waals surface area contributed by atoms with Gasteiger partial charge in [0, 0.05) is 22.4 Å². The molecule has 3 aromatic carbocycles. The summed E-state index contributed by atoms with van der Waals surface area (Å²) in [6.45, 7) is 1.20. The number of hydrogen-bond donors (Lipinski definition) is 2. The van der Waals surface area contributed by atoms with Crippen LogP contribution >= 0.6 is 11.3 Å². The Balaban J connectivity index is 1.30. The summed E-state index contributed by atoms with van der Waals surface area (Å²) in [7, 11) is -3.36. The van der Waals surface area contributed by atoms with Gasteiger partial charge in [0.25, 0.3) is 5.91 Å². The monoisotopic (exact) mass is 614 g/mol. The number of benzene rings is 3. The fourth-order valence-electron chi connectivity index (χ4n) is 4.60. The number of carbonyl (C=O) groups is 1. The molecule has 1 amide bonds. The minimum atomic E-state index is -4.38. The number of thiazole rings is 1. The molecule has 1 heterocycles. The van der Waals surface area contributed by atoms with E-state index in [1.165, 1.54) is 24.3 Å². The van der Waals surface area contributed by atoms with Crippen molar-refractivity contribution in [1.29, 1.82) is 0 Å². The Bertz CT molecular complexity index is 1660. The number of aromatic nitrogens is 1. The number of hydrogen-bond acceptors (Lipinski definition) is 6. The average Bonchev–Trinajstić information content (AvgIpc) is 3.75. The number of aliphatic hydroxyl groups is 1. The minimum absolute atomic E-state index is 0.0218. The lowest BCUT2D eigenvalue weighted by Gasteiger charge is -2.17. The molecule has 1 unspecified atom stereocenters. The van der Waals surface area contributed by atoms with E-state index in [2.05, 4.69) is 5.32 Å². The first-order chi connectivity index (χ1) is 20.0. The molecule has 1 aliphatic carbocycles. The molecule has 0 aliphatic heterocycles. The lowest BCUT2D eigenvalue weighted by Crippen LogP contribution is -2.30. The van der Waals surface area contributed by atoms with Crippen LogP contribution in [0, 0.1) is 0 Å². The Morgan fingerprint density at radius 2 is 1.67 bits per heavy atom. The van der Waals surface area contributed by atoms with Gasteiger partial charge in [-0.2, -0.15) is 13.2 Å². The second-order valence-electron chi connectivity index (χ2n) is 10.2. The van der Waals surface area contributed by atoms with Crippen LogP contribution in [0.15, 0.2) is 77.7 Å². The first kappa shape index (κ1) is 29.9. The largest absolute Gasteiger partial charge is 0.416 e. The zero-order valence-electron chi connectivity index (χ0n) is 22.7. The molecule has 1 saturated carbocycles. The lowest BCUT2D eigenvalue weighted by atomic mass is 10.0. The molecular weight excluding hydrogens is 585 g/mol. The van der Waals surface area contributed by atoms with Crippen molar-refractivity contribution in [2.24, 2.45) is 0 Å². The Morgan fingerprint density at radius 1 is 1.02 bits per heavy atom. The Kier molecular flexibility index (Phi) is 8.54. The third kappa shape index (κ3) is 6.74. The molecule has 11 heteroatoms. The number of amides is 1. The highest BCUT2D eigenvalue weighted by atomic mass is 32.2. The molecule has 1 aromatic heterocycles. The van der Waals surface area contributed by atoms with Crippen LogP contribution < -0.4 is 5.32 Å². The summed E-state index contributed by atoms with van der Waals surface area (Å²) in [5.74, 6) is -0.00755. The highest BCUT2D eigenvalue weighted by Crippen LogP contribution is 2.47. The molecule has 6 nitrogen and oxygen atoms in total. The van der Waals surface area contributed by atoms with Crippen molar-refractivity contribution >= 4 is 27.1 Å². The molecule has 0 bridgehead atoms. The first-order valence-corrected chi connectivity index (χ1v) is 16.0. The van der Waals surface area contributed by atoms with Crippen molar-refractivity contribution in [3.8, 4) is 11.3 Å². The summed E-state index contributed by atoms with van der Waals surface area (Å²) in [4.78, 5) is 19.1. The van der Waals surface area contributed by atoms with E-state index in [1.54, 1.807) is 42.5 Å². The molecule has 220 valence electrons. The van der Waals surface area contributed by atoms with Gasteiger partial charge < -0.3 is 10.4 Å². The summed E-state index contributed by atoms with van der Waals surface area (Å²) in [6.07, 6.45) is -1.83. The number of nitrogens with zero attached hydrogens (tertiary/aromatic N) is 1. The first-order valence-electron chi connectivity index (χ1n) is 13.5. The van der Waals surface area contributed by atoms with Gasteiger partial charge in [0.05, 0.1) is 39.6 Å². The molecule has 5 rings (SSSR count). The maximum atomic E-state index is 13.0. The van der Waals surface area contributed by atoms with Crippen LogP contribution in [0.1, 0.15) is 68.7 Å². The van der Waals surface area contributed by atoms with E-state index in [0.29, 0.717) is 23.5 Å². The van der Waals surface area contributed by atoms with Crippen LogP contribution in [0.5, 0.6) is 0 Å². The van der Waals surface area contributed by atoms with Gasteiger partial charge in [-0.1, -0.05) is 43.3 Å². The second-order valence-corrected chi connectivity index (χ2v) is 13.6. The van der Waals surface area contributed by atoms with Crippen LogP contribution in [0.25, 0.3) is 11.3 Å². The van der Waals surface area contributed by atoms with Crippen LogP contribution in [0.3, 0.4) is 0 Å². The number of halogens is 3. The number of alkyl halides is 3. The van der Waals surface area contributed by atoms with Crippen LogP contribution in [0.2, 0.25) is 0 Å². The normalized spacial score (nSPS) is 14.5. The Morgan fingerprint density at radius 3 is 2.21 bits per heavy atom. The van der Waals surface area contributed by atoms with Crippen LogP contribution in [0.4, 0.5) is 13.2 Å². The molecule has 2 N–H and O–H groups in total. The maximum Gasteiger partial charge on any atom is 0.416 e. The number of aliphatic hydroxyl groups excluding tert-OH is 1. The minimum Gasteiger partial charge on any atom is -0.394 e. The topological polar surface area (TPSA) is 96.4 Å². The van der Waals surface area contributed by atoms with Gasteiger partial charge in [0.1, 0.15) is 0 Å². The molecule has 1 aliphatic rings. The summed E-state index contributed by atoms with van der Waals surface area (Å²) in [6, 6.07) is 17.5. The van der Waals surface area contributed by atoms with Gasteiger partial charge in [-0.3, -0.25) is 4.79 Å². The fraction of sp³-hybridized carbons (Fsp3) is 0.290. The highest BCUT2D eigenvalue weighted by molar-refractivity contribution is 7.91. The van der Waals surface area contributed by atoms with Crippen molar-refractivity contribution in [2.45, 2.75) is 49.2 Å². The number of nitrogens with one attached hydrogen (secondary N) is 1. The molecule has 0 spiro atoms. The molecule has 0 radical (unpaired) electrons. The van der Waals surface area contributed by atoms with E-state index < -0.39 is 33.5 Å². The maximum absolute atomic E-state index is 13.0. The van der Waals surface area contributed by atoms with Crippen molar-refractivity contribution in [2.75, 3.05) is 12.4 Å². The highest BCUT2D eigenvalue weighted by Gasteiger charge is 2.31.